The molecule has 4 N–H and O–H groups in total. The van der Waals surface area contributed by atoms with Gasteiger partial charge in [0, 0.05) is 11.6 Å². The third-order valence-corrected chi connectivity index (χ3v) is 4.56. The summed E-state index contributed by atoms with van der Waals surface area (Å²) in [7, 11) is -3.34. The molecular weight excluding hydrogens is 282 g/mol. The number of hydrogen-bond acceptors (Lipinski definition) is 4. The van der Waals surface area contributed by atoms with Crippen molar-refractivity contribution < 1.29 is 23.8 Å². The Hall–Kier alpha value is -1.57. The monoisotopic (exact) mass is 301 g/mol. The average Bonchev–Trinajstić information content (AvgIpc) is 2.36. The van der Waals surface area contributed by atoms with Gasteiger partial charge in [-0.1, -0.05) is 13.8 Å². The summed E-state index contributed by atoms with van der Waals surface area (Å²) in [5, 5.41) is 11.3. The zero-order valence-electron chi connectivity index (χ0n) is 11.4. The Morgan fingerprint density at radius 1 is 1.25 bits per heavy atom. The molecule has 0 aliphatic carbocycles. The summed E-state index contributed by atoms with van der Waals surface area (Å²) in [6.45, 7) is 3.72. The number of carbonyl (C=O) groups is 2. The minimum absolute atomic E-state index is 0.109. The van der Waals surface area contributed by atoms with E-state index in [0.717, 1.165) is 6.42 Å². The average molecular weight is 301 g/mol. The van der Waals surface area contributed by atoms with Gasteiger partial charge in [0.2, 0.25) is 5.91 Å². The maximum atomic E-state index is 11.7. The van der Waals surface area contributed by atoms with Gasteiger partial charge in [0.05, 0.1) is 4.90 Å². The first kappa shape index (κ1) is 16.5. The summed E-state index contributed by atoms with van der Waals surface area (Å²) >= 11 is 0. The molecule has 1 atom stereocenters. The second-order valence-electron chi connectivity index (χ2n) is 4.53. The molecule has 0 bridgehead atoms. The van der Waals surface area contributed by atoms with Crippen LogP contribution in [0.4, 0.5) is 5.69 Å². The van der Waals surface area contributed by atoms with Gasteiger partial charge in [-0.3, -0.25) is 18.7 Å². The van der Waals surface area contributed by atoms with Crippen LogP contribution in [0.3, 0.4) is 0 Å². The molecule has 0 fully saturated rings. The summed E-state index contributed by atoms with van der Waals surface area (Å²) < 4.78 is 19.5. The predicted octanol–water partition coefficient (Wildman–Crippen LogP) is 2.87. The molecule has 0 saturated heterocycles. The summed E-state index contributed by atoms with van der Waals surface area (Å²) in [4.78, 5) is 22.4. The van der Waals surface area contributed by atoms with E-state index in [1.165, 1.54) is 24.3 Å². The van der Waals surface area contributed by atoms with Crippen LogP contribution in [0.15, 0.2) is 29.2 Å². The third-order valence-electron chi connectivity index (χ3n) is 2.88. The topological polar surface area (TPSA) is 107 Å². The number of carboxylic acid groups (broad SMARTS) is 1. The summed E-state index contributed by atoms with van der Waals surface area (Å²) in [5.41, 5.74) is 0.532. The fourth-order valence-electron chi connectivity index (χ4n) is 1.46. The van der Waals surface area contributed by atoms with E-state index in [-0.39, 0.29) is 16.7 Å². The van der Waals surface area contributed by atoms with Crippen LogP contribution in [0, 0.1) is 5.92 Å². The lowest BCUT2D eigenvalue weighted by Gasteiger charge is -2.30. The van der Waals surface area contributed by atoms with Gasteiger partial charge in [0.25, 0.3) is 0 Å². The molecule has 1 rings (SSSR count). The molecule has 0 spiro atoms. The van der Waals surface area contributed by atoms with Gasteiger partial charge >= 0.3 is 5.97 Å². The standard InChI is InChI=1S/C13H19NO5S/c1-3-9(2)13(17)14-10-4-6-11(7-5-10)20(18,19)8-12(15)16/h4-7,9,18-19H,3,8H2,1-2H3,(H,14,17)(H,15,16). The van der Waals surface area contributed by atoms with Gasteiger partial charge in [-0.15, -0.1) is 0 Å². The van der Waals surface area contributed by atoms with Crippen LogP contribution >= 0.6 is 10.6 Å². The second kappa shape index (κ2) is 6.74. The Kier molecular flexibility index (Phi) is 5.55. The van der Waals surface area contributed by atoms with Crippen LogP contribution in [0.1, 0.15) is 20.3 Å². The van der Waals surface area contributed by atoms with E-state index < -0.39 is 22.3 Å². The van der Waals surface area contributed by atoms with Crippen LogP contribution in [0.25, 0.3) is 0 Å². The fourth-order valence-corrected chi connectivity index (χ4v) is 2.55. The van der Waals surface area contributed by atoms with Crippen molar-refractivity contribution >= 4 is 28.2 Å². The normalized spacial score (nSPS) is 13.6. The molecule has 1 aromatic rings. The number of anilines is 1. The zero-order valence-corrected chi connectivity index (χ0v) is 12.2. The Morgan fingerprint density at radius 2 is 1.80 bits per heavy atom. The van der Waals surface area contributed by atoms with E-state index in [1.54, 1.807) is 0 Å². The fraction of sp³-hybridized carbons (Fsp3) is 0.385. The molecule has 6 nitrogen and oxygen atoms in total. The lowest BCUT2D eigenvalue weighted by molar-refractivity contribution is -0.134. The van der Waals surface area contributed by atoms with Crippen LogP contribution in [-0.2, 0) is 9.59 Å². The molecule has 1 amide bonds. The lowest BCUT2D eigenvalue weighted by Crippen LogP contribution is -2.19. The maximum Gasteiger partial charge on any atom is 0.323 e. The van der Waals surface area contributed by atoms with Crippen LogP contribution in [-0.4, -0.2) is 31.8 Å². The van der Waals surface area contributed by atoms with Gasteiger partial charge < -0.3 is 10.4 Å². The van der Waals surface area contributed by atoms with Crippen molar-refractivity contribution in [2.75, 3.05) is 11.1 Å². The molecule has 7 heteroatoms. The van der Waals surface area contributed by atoms with Crippen LogP contribution in [0.2, 0.25) is 0 Å². The quantitative estimate of drug-likeness (QED) is 0.646. The molecule has 0 aliphatic heterocycles. The zero-order chi connectivity index (χ0) is 15.3. The van der Waals surface area contributed by atoms with Crippen molar-refractivity contribution in [1.82, 2.24) is 0 Å². The second-order valence-corrected chi connectivity index (χ2v) is 6.62. The van der Waals surface area contributed by atoms with Gasteiger partial charge in [-0.25, -0.2) is 0 Å². The molecule has 1 unspecified atom stereocenters. The van der Waals surface area contributed by atoms with Crippen molar-refractivity contribution in [3.63, 3.8) is 0 Å². The molecule has 0 radical (unpaired) electrons. The van der Waals surface area contributed by atoms with Crippen molar-refractivity contribution in [1.29, 1.82) is 0 Å². The Labute approximate surface area is 119 Å². The van der Waals surface area contributed by atoms with Crippen molar-refractivity contribution in [3.05, 3.63) is 24.3 Å². The summed E-state index contributed by atoms with van der Waals surface area (Å²) in [6, 6.07) is 5.85. The van der Waals surface area contributed by atoms with Gasteiger partial charge in [0.1, 0.15) is 5.75 Å². The van der Waals surface area contributed by atoms with E-state index in [9.17, 15) is 18.7 Å². The maximum absolute atomic E-state index is 11.7. The molecule has 1 aromatic carbocycles. The summed E-state index contributed by atoms with van der Waals surface area (Å²) in [6.07, 6.45) is 0.725. The first-order valence-electron chi connectivity index (χ1n) is 6.15. The highest BCUT2D eigenvalue weighted by Crippen LogP contribution is 2.47. The number of rotatable bonds is 6. The minimum Gasteiger partial charge on any atom is -0.480 e. The van der Waals surface area contributed by atoms with E-state index >= 15 is 0 Å². The van der Waals surface area contributed by atoms with Crippen molar-refractivity contribution in [3.8, 4) is 0 Å². The van der Waals surface area contributed by atoms with Crippen LogP contribution < -0.4 is 5.32 Å². The van der Waals surface area contributed by atoms with Crippen molar-refractivity contribution in [2.24, 2.45) is 5.92 Å². The van der Waals surface area contributed by atoms with Crippen molar-refractivity contribution in [2.45, 2.75) is 25.2 Å². The Balaban J connectivity index is 2.79. The van der Waals surface area contributed by atoms with E-state index in [2.05, 4.69) is 5.32 Å². The first-order chi connectivity index (χ1) is 9.26. The third kappa shape index (κ3) is 4.52. The van der Waals surface area contributed by atoms with Crippen LogP contribution in [0.5, 0.6) is 0 Å². The first-order valence-corrected chi connectivity index (χ1v) is 7.86. The summed E-state index contributed by atoms with van der Waals surface area (Å²) in [5.74, 6) is -2.23. The molecule has 0 saturated carbocycles. The molecular formula is C13H19NO5S. The minimum atomic E-state index is -3.34. The number of carboxylic acids is 1. The largest absolute Gasteiger partial charge is 0.480 e. The molecule has 0 heterocycles. The molecule has 20 heavy (non-hydrogen) atoms. The number of amides is 1. The van der Waals surface area contributed by atoms with Gasteiger partial charge in [-0.05, 0) is 30.7 Å². The number of hydrogen-bond donors (Lipinski definition) is 4. The molecule has 0 aliphatic rings. The Morgan fingerprint density at radius 3 is 2.25 bits per heavy atom. The highest BCUT2D eigenvalue weighted by atomic mass is 32.3. The molecule has 0 aromatic heterocycles. The van der Waals surface area contributed by atoms with E-state index in [1.807, 2.05) is 13.8 Å². The highest BCUT2D eigenvalue weighted by molar-refractivity contribution is 8.24. The van der Waals surface area contributed by atoms with Gasteiger partial charge in [-0.2, -0.15) is 10.6 Å². The lowest BCUT2D eigenvalue weighted by atomic mass is 10.1. The molecule has 112 valence electrons. The number of aliphatic carboxylic acids is 1. The van der Waals surface area contributed by atoms with Gasteiger partial charge in [0.15, 0.2) is 0 Å². The van der Waals surface area contributed by atoms with E-state index in [4.69, 9.17) is 5.11 Å². The number of carbonyl (C=O) groups excluding carboxylic acids is 1. The smallest absolute Gasteiger partial charge is 0.323 e. The highest BCUT2D eigenvalue weighted by Gasteiger charge is 2.19. The number of nitrogens with one attached hydrogen (secondary N) is 1. The predicted molar refractivity (Wildman–Crippen MR) is 78.1 cm³/mol. The SMILES string of the molecule is CCC(C)C(=O)Nc1ccc(S(O)(O)CC(=O)O)cc1. The Bertz CT molecular complexity index is 486. The number of benzene rings is 1. The van der Waals surface area contributed by atoms with E-state index in [0.29, 0.717) is 5.69 Å².